The van der Waals surface area contributed by atoms with Crippen LogP contribution in [0.2, 0.25) is 0 Å². The molecule has 2 aliphatic rings. The number of hydrogen-bond acceptors (Lipinski definition) is 4. The first-order valence-electron chi connectivity index (χ1n) is 7.86. The Morgan fingerprint density at radius 2 is 2.23 bits per heavy atom. The van der Waals surface area contributed by atoms with Gasteiger partial charge in [0, 0.05) is 25.7 Å². The summed E-state index contributed by atoms with van der Waals surface area (Å²) in [5, 5.41) is 0. The SMILES string of the molecule is COC(=O)c1cc(F)ccc1CN(C[C@H]1CCOC1)C1CC1. The fraction of sp³-hybridized carbons (Fsp3) is 0.588. The van der Waals surface area contributed by atoms with Gasteiger partial charge in [0.05, 0.1) is 19.3 Å². The maximum atomic E-state index is 13.4. The average Bonchev–Trinajstić information content (AvgIpc) is 3.25. The minimum absolute atomic E-state index is 0.329. The Morgan fingerprint density at radius 3 is 2.86 bits per heavy atom. The molecule has 0 unspecified atom stereocenters. The van der Waals surface area contributed by atoms with Crippen LogP contribution in [0.5, 0.6) is 0 Å². The number of methoxy groups -OCH3 is 1. The molecule has 1 saturated carbocycles. The first-order chi connectivity index (χ1) is 10.7. The summed E-state index contributed by atoms with van der Waals surface area (Å²) in [6, 6.07) is 4.95. The van der Waals surface area contributed by atoms with Gasteiger partial charge < -0.3 is 9.47 Å². The summed E-state index contributed by atoms with van der Waals surface area (Å²) in [7, 11) is 1.32. The summed E-state index contributed by atoms with van der Waals surface area (Å²) in [6.07, 6.45) is 3.49. The number of carbonyl (C=O) groups excluding carboxylic acids is 1. The molecule has 1 saturated heterocycles. The summed E-state index contributed by atoms with van der Waals surface area (Å²) in [5.74, 6) is -0.330. The highest BCUT2D eigenvalue weighted by atomic mass is 19.1. The van der Waals surface area contributed by atoms with Crippen molar-refractivity contribution in [2.75, 3.05) is 26.9 Å². The number of halogens is 1. The summed E-state index contributed by atoms with van der Waals surface area (Å²) in [6.45, 7) is 3.29. The van der Waals surface area contributed by atoms with E-state index in [0.717, 1.165) is 31.7 Å². The normalized spacial score (nSPS) is 21.3. The Hall–Kier alpha value is -1.46. The van der Waals surface area contributed by atoms with E-state index < -0.39 is 11.8 Å². The lowest BCUT2D eigenvalue weighted by Crippen LogP contribution is -2.32. The van der Waals surface area contributed by atoms with Gasteiger partial charge in [0.15, 0.2) is 0 Å². The van der Waals surface area contributed by atoms with E-state index in [9.17, 15) is 9.18 Å². The van der Waals surface area contributed by atoms with Crippen LogP contribution in [-0.2, 0) is 16.0 Å². The van der Waals surface area contributed by atoms with Crippen molar-refractivity contribution < 1.29 is 18.7 Å². The number of carbonyl (C=O) groups is 1. The van der Waals surface area contributed by atoms with Gasteiger partial charge in [-0.15, -0.1) is 0 Å². The van der Waals surface area contributed by atoms with Gasteiger partial charge in [-0.2, -0.15) is 0 Å². The van der Waals surface area contributed by atoms with Crippen molar-refractivity contribution in [3.05, 3.63) is 35.1 Å². The zero-order valence-electron chi connectivity index (χ0n) is 12.9. The molecule has 1 aliphatic heterocycles. The quantitative estimate of drug-likeness (QED) is 0.757. The van der Waals surface area contributed by atoms with Gasteiger partial charge in [-0.3, -0.25) is 4.90 Å². The third-order valence-corrected chi connectivity index (χ3v) is 4.43. The second kappa shape index (κ2) is 6.75. The van der Waals surface area contributed by atoms with Gasteiger partial charge >= 0.3 is 5.97 Å². The molecule has 2 fully saturated rings. The third-order valence-electron chi connectivity index (χ3n) is 4.43. The van der Waals surface area contributed by atoms with Crippen LogP contribution in [0.1, 0.15) is 35.2 Å². The number of hydrogen-bond donors (Lipinski definition) is 0. The zero-order chi connectivity index (χ0) is 15.5. The minimum Gasteiger partial charge on any atom is -0.465 e. The molecule has 0 radical (unpaired) electrons. The van der Waals surface area contributed by atoms with E-state index in [-0.39, 0.29) is 0 Å². The molecule has 1 aromatic rings. The van der Waals surface area contributed by atoms with Crippen molar-refractivity contribution in [1.82, 2.24) is 4.90 Å². The molecule has 1 aliphatic carbocycles. The maximum Gasteiger partial charge on any atom is 0.338 e. The van der Waals surface area contributed by atoms with Gasteiger partial charge in [-0.25, -0.2) is 9.18 Å². The molecule has 0 amide bonds. The largest absolute Gasteiger partial charge is 0.465 e. The Morgan fingerprint density at radius 1 is 1.41 bits per heavy atom. The highest BCUT2D eigenvalue weighted by Gasteiger charge is 2.32. The smallest absolute Gasteiger partial charge is 0.338 e. The number of rotatable bonds is 6. The van der Waals surface area contributed by atoms with Crippen LogP contribution in [0.15, 0.2) is 18.2 Å². The maximum absolute atomic E-state index is 13.4. The lowest BCUT2D eigenvalue weighted by Gasteiger charge is -2.25. The Kier molecular flexibility index (Phi) is 4.74. The molecule has 0 N–H and O–H groups in total. The molecular weight excluding hydrogens is 285 g/mol. The Bertz CT molecular complexity index is 539. The second-order valence-corrected chi connectivity index (χ2v) is 6.18. The predicted molar refractivity (Wildman–Crippen MR) is 80.1 cm³/mol. The van der Waals surface area contributed by atoms with Crippen molar-refractivity contribution in [3.63, 3.8) is 0 Å². The van der Waals surface area contributed by atoms with Crippen LogP contribution in [0.3, 0.4) is 0 Å². The molecule has 0 aromatic heterocycles. The number of ether oxygens (including phenoxy) is 2. The van der Waals surface area contributed by atoms with Gasteiger partial charge in [-0.1, -0.05) is 6.07 Å². The Balaban J connectivity index is 1.75. The van der Waals surface area contributed by atoms with Crippen LogP contribution >= 0.6 is 0 Å². The van der Waals surface area contributed by atoms with E-state index in [4.69, 9.17) is 9.47 Å². The van der Waals surface area contributed by atoms with Crippen molar-refractivity contribution in [1.29, 1.82) is 0 Å². The average molecular weight is 307 g/mol. The minimum atomic E-state index is -0.477. The summed E-state index contributed by atoms with van der Waals surface area (Å²) in [5.41, 5.74) is 1.16. The standard InChI is InChI=1S/C17H22FNO3/c1-21-17(20)16-8-14(18)3-2-13(16)10-19(15-4-5-15)9-12-6-7-22-11-12/h2-3,8,12,15H,4-7,9-11H2,1H3/t12-/m1/s1. The second-order valence-electron chi connectivity index (χ2n) is 6.18. The van der Waals surface area contributed by atoms with E-state index in [1.165, 1.54) is 32.1 Å². The number of nitrogens with zero attached hydrogens (tertiary/aromatic N) is 1. The molecule has 1 aromatic carbocycles. The Labute approximate surface area is 130 Å². The van der Waals surface area contributed by atoms with Crippen LogP contribution in [0, 0.1) is 11.7 Å². The lowest BCUT2D eigenvalue weighted by molar-refractivity contribution is 0.0597. The summed E-state index contributed by atoms with van der Waals surface area (Å²) in [4.78, 5) is 14.3. The first kappa shape index (κ1) is 15.4. The molecular formula is C17H22FNO3. The molecule has 5 heteroatoms. The highest BCUT2D eigenvalue weighted by molar-refractivity contribution is 5.91. The fourth-order valence-electron chi connectivity index (χ4n) is 3.05. The van der Waals surface area contributed by atoms with E-state index >= 15 is 0 Å². The zero-order valence-corrected chi connectivity index (χ0v) is 12.9. The van der Waals surface area contributed by atoms with Crippen molar-refractivity contribution in [3.8, 4) is 0 Å². The van der Waals surface area contributed by atoms with Crippen molar-refractivity contribution >= 4 is 5.97 Å². The van der Waals surface area contributed by atoms with Gasteiger partial charge in [-0.05, 0) is 42.9 Å². The fourth-order valence-corrected chi connectivity index (χ4v) is 3.05. The molecule has 0 bridgehead atoms. The van der Waals surface area contributed by atoms with Crippen LogP contribution in [-0.4, -0.2) is 43.8 Å². The van der Waals surface area contributed by atoms with E-state index in [1.807, 2.05) is 0 Å². The first-order valence-corrected chi connectivity index (χ1v) is 7.86. The summed E-state index contributed by atoms with van der Waals surface area (Å²) >= 11 is 0. The van der Waals surface area contributed by atoms with E-state index in [1.54, 1.807) is 6.07 Å². The van der Waals surface area contributed by atoms with Gasteiger partial charge in [0.1, 0.15) is 5.82 Å². The molecule has 1 atom stereocenters. The molecule has 120 valence electrons. The highest BCUT2D eigenvalue weighted by Crippen LogP contribution is 2.31. The van der Waals surface area contributed by atoms with Crippen LogP contribution < -0.4 is 0 Å². The van der Waals surface area contributed by atoms with E-state index in [0.29, 0.717) is 24.1 Å². The third kappa shape index (κ3) is 3.65. The van der Waals surface area contributed by atoms with Crippen LogP contribution in [0.25, 0.3) is 0 Å². The van der Waals surface area contributed by atoms with Gasteiger partial charge in [0.2, 0.25) is 0 Å². The molecule has 0 spiro atoms. The van der Waals surface area contributed by atoms with E-state index in [2.05, 4.69) is 4.90 Å². The van der Waals surface area contributed by atoms with Gasteiger partial charge in [0.25, 0.3) is 0 Å². The van der Waals surface area contributed by atoms with Crippen LogP contribution in [0.4, 0.5) is 4.39 Å². The summed E-state index contributed by atoms with van der Waals surface area (Å²) < 4.78 is 23.7. The molecule has 1 heterocycles. The van der Waals surface area contributed by atoms with Crippen molar-refractivity contribution in [2.24, 2.45) is 5.92 Å². The number of esters is 1. The molecule has 22 heavy (non-hydrogen) atoms. The predicted octanol–water partition coefficient (Wildman–Crippen LogP) is 2.61. The lowest BCUT2D eigenvalue weighted by atomic mass is 10.0. The topological polar surface area (TPSA) is 38.8 Å². The van der Waals surface area contributed by atoms with Crippen molar-refractivity contribution in [2.45, 2.75) is 31.8 Å². The monoisotopic (exact) mass is 307 g/mol. The number of benzene rings is 1. The molecule has 4 nitrogen and oxygen atoms in total. The molecule has 3 rings (SSSR count).